The number of benzene rings is 1. The zero-order valence-corrected chi connectivity index (χ0v) is 10.0. The molecule has 0 fully saturated rings. The van der Waals surface area contributed by atoms with E-state index in [1.807, 2.05) is 6.07 Å². The number of nitrogens with zero attached hydrogens (tertiary/aromatic N) is 2. The third kappa shape index (κ3) is 2.19. The van der Waals surface area contributed by atoms with E-state index >= 15 is 0 Å². The molecule has 3 nitrogen and oxygen atoms in total. The van der Waals surface area contributed by atoms with Crippen LogP contribution in [0, 0.1) is 6.92 Å². The first kappa shape index (κ1) is 11.0. The van der Waals surface area contributed by atoms with Gasteiger partial charge >= 0.3 is 0 Å². The zero-order valence-electron chi connectivity index (χ0n) is 9.27. The molecule has 0 saturated heterocycles. The molecule has 0 spiro atoms. The van der Waals surface area contributed by atoms with Crippen molar-refractivity contribution >= 4 is 11.6 Å². The van der Waals surface area contributed by atoms with Crippen molar-refractivity contribution in [3.05, 3.63) is 46.7 Å². The second-order valence-corrected chi connectivity index (χ2v) is 4.01. The van der Waals surface area contributed by atoms with E-state index in [9.17, 15) is 0 Å². The molecule has 1 aromatic carbocycles. The summed E-state index contributed by atoms with van der Waals surface area (Å²) >= 11 is 6.09. The Morgan fingerprint density at radius 3 is 2.88 bits per heavy atom. The molecule has 0 saturated carbocycles. The third-order valence-electron chi connectivity index (χ3n) is 2.38. The molecule has 84 valence electrons. The van der Waals surface area contributed by atoms with E-state index in [0.717, 1.165) is 0 Å². The number of hydrogen-bond donors (Lipinski definition) is 0. The summed E-state index contributed by atoms with van der Waals surface area (Å²) in [5.41, 5.74) is 2.40. The van der Waals surface area contributed by atoms with Crippen LogP contribution in [0.15, 0.2) is 30.5 Å². The highest BCUT2D eigenvalue weighted by Gasteiger charge is 2.08. The van der Waals surface area contributed by atoms with Gasteiger partial charge in [-0.2, -0.15) is 5.10 Å². The number of aryl methyl sites for hydroxylation is 1. The molecule has 0 N–H and O–H groups in total. The Hall–Kier alpha value is -1.48. The molecular formula is C12H13ClN2O. The van der Waals surface area contributed by atoms with Crippen LogP contribution in [-0.4, -0.2) is 16.9 Å². The first-order valence-corrected chi connectivity index (χ1v) is 5.39. The Kier molecular flexibility index (Phi) is 3.15. The summed E-state index contributed by atoms with van der Waals surface area (Å²) in [5.74, 6) is 0.606. The number of hydrogen-bond acceptors (Lipinski definition) is 2. The smallest absolute Gasteiger partial charge is 0.175 e. The quantitative estimate of drug-likeness (QED) is 0.820. The topological polar surface area (TPSA) is 27.1 Å². The number of halogens is 1. The van der Waals surface area contributed by atoms with E-state index in [0.29, 0.717) is 17.4 Å². The van der Waals surface area contributed by atoms with Gasteiger partial charge in [0.05, 0.1) is 19.9 Å². The highest BCUT2D eigenvalue weighted by atomic mass is 35.5. The average molecular weight is 237 g/mol. The Morgan fingerprint density at radius 2 is 2.25 bits per heavy atom. The summed E-state index contributed by atoms with van der Waals surface area (Å²) in [6.07, 6.45) is 1.62. The third-order valence-corrected chi connectivity index (χ3v) is 2.76. The number of aromatic nitrogens is 2. The average Bonchev–Trinajstić information content (AvgIpc) is 2.60. The summed E-state index contributed by atoms with van der Waals surface area (Å²) < 4.78 is 6.79. The van der Waals surface area contributed by atoms with Crippen LogP contribution < -0.4 is 4.74 Å². The van der Waals surface area contributed by atoms with E-state index in [4.69, 9.17) is 16.3 Å². The molecule has 0 aliphatic rings. The van der Waals surface area contributed by atoms with Gasteiger partial charge in [0.2, 0.25) is 0 Å². The molecule has 16 heavy (non-hydrogen) atoms. The summed E-state index contributed by atoms with van der Waals surface area (Å²) in [7, 11) is 1.58. The highest BCUT2D eigenvalue weighted by molar-refractivity contribution is 6.31. The van der Waals surface area contributed by atoms with E-state index in [1.54, 1.807) is 18.0 Å². The van der Waals surface area contributed by atoms with Gasteiger partial charge in [0.1, 0.15) is 0 Å². The van der Waals surface area contributed by atoms with Gasteiger partial charge in [-0.1, -0.05) is 41.4 Å². The van der Waals surface area contributed by atoms with Gasteiger partial charge in [-0.25, -0.2) is 4.68 Å². The minimum absolute atomic E-state index is 0.531. The summed E-state index contributed by atoms with van der Waals surface area (Å²) in [6, 6.07) is 8.26. The van der Waals surface area contributed by atoms with Crippen molar-refractivity contribution in [2.24, 2.45) is 0 Å². The summed E-state index contributed by atoms with van der Waals surface area (Å²) in [6.45, 7) is 2.72. The van der Waals surface area contributed by atoms with Crippen LogP contribution >= 0.6 is 11.6 Å². The van der Waals surface area contributed by atoms with Gasteiger partial charge in [0.15, 0.2) is 10.9 Å². The second kappa shape index (κ2) is 4.58. The minimum Gasteiger partial charge on any atom is -0.492 e. The molecule has 0 amide bonds. The highest BCUT2D eigenvalue weighted by Crippen LogP contribution is 2.23. The molecule has 1 heterocycles. The van der Waals surface area contributed by atoms with Crippen molar-refractivity contribution in [3.8, 4) is 5.75 Å². The van der Waals surface area contributed by atoms with Gasteiger partial charge in [-0.15, -0.1) is 0 Å². The monoisotopic (exact) mass is 236 g/mol. The van der Waals surface area contributed by atoms with Crippen molar-refractivity contribution in [2.45, 2.75) is 13.5 Å². The lowest BCUT2D eigenvalue weighted by atomic mass is 10.1. The van der Waals surface area contributed by atoms with Crippen LogP contribution in [0.1, 0.15) is 11.1 Å². The minimum atomic E-state index is 0.531. The number of rotatable bonds is 3. The lowest BCUT2D eigenvalue weighted by molar-refractivity contribution is 0.414. The lowest BCUT2D eigenvalue weighted by Gasteiger charge is -2.04. The van der Waals surface area contributed by atoms with Crippen LogP contribution in [0.3, 0.4) is 0 Å². The predicted molar refractivity (Wildman–Crippen MR) is 64.1 cm³/mol. The van der Waals surface area contributed by atoms with Crippen molar-refractivity contribution in [3.63, 3.8) is 0 Å². The first-order chi connectivity index (χ1) is 7.70. The van der Waals surface area contributed by atoms with Gasteiger partial charge in [0.25, 0.3) is 0 Å². The molecule has 0 radical (unpaired) electrons. The molecule has 0 aliphatic heterocycles. The molecule has 0 atom stereocenters. The molecule has 2 aromatic rings. The van der Waals surface area contributed by atoms with Gasteiger partial charge in [0, 0.05) is 0 Å². The largest absolute Gasteiger partial charge is 0.492 e. The standard InChI is InChI=1S/C12H13ClN2O/c1-9-4-3-5-10(6-9)8-15-12(13)11(16-2)7-14-15/h3-7H,8H2,1-2H3. The number of methoxy groups -OCH3 is 1. The molecule has 2 rings (SSSR count). The van der Waals surface area contributed by atoms with Crippen molar-refractivity contribution in [1.29, 1.82) is 0 Å². The van der Waals surface area contributed by atoms with E-state index in [2.05, 4.69) is 30.2 Å². The Bertz CT molecular complexity index is 494. The fourth-order valence-corrected chi connectivity index (χ4v) is 1.81. The summed E-state index contributed by atoms with van der Waals surface area (Å²) in [4.78, 5) is 0. The van der Waals surface area contributed by atoms with Crippen molar-refractivity contribution in [2.75, 3.05) is 7.11 Å². The van der Waals surface area contributed by atoms with E-state index < -0.39 is 0 Å². The van der Waals surface area contributed by atoms with Crippen LogP contribution in [0.5, 0.6) is 5.75 Å². The maximum atomic E-state index is 6.09. The first-order valence-electron chi connectivity index (χ1n) is 5.01. The van der Waals surface area contributed by atoms with Crippen LogP contribution in [0.4, 0.5) is 0 Å². The fourth-order valence-electron chi connectivity index (χ4n) is 1.58. The molecular weight excluding hydrogens is 224 g/mol. The molecule has 0 bridgehead atoms. The number of ether oxygens (including phenoxy) is 1. The molecule has 0 aliphatic carbocycles. The molecule has 1 aromatic heterocycles. The lowest BCUT2D eigenvalue weighted by Crippen LogP contribution is -2.01. The van der Waals surface area contributed by atoms with Crippen molar-refractivity contribution in [1.82, 2.24) is 9.78 Å². The van der Waals surface area contributed by atoms with E-state index in [-0.39, 0.29) is 0 Å². The van der Waals surface area contributed by atoms with Crippen LogP contribution in [0.25, 0.3) is 0 Å². The Morgan fingerprint density at radius 1 is 1.44 bits per heavy atom. The van der Waals surface area contributed by atoms with Gasteiger partial charge in [-0.05, 0) is 12.5 Å². The molecule has 0 unspecified atom stereocenters. The maximum Gasteiger partial charge on any atom is 0.175 e. The fraction of sp³-hybridized carbons (Fsp3) is 0.250. The van der Waals surface area contributed by atoms with Gasteiger partial charge in [-0.3, -0.25) is 0 Å². The van der Waals surface area contributed by atoms with E-state index in [1.165, 1.54) is 11.1 Å². The van der Waals surface area contributed by atoms with Gasteiger partial charge < -0.3 is 4.74 Å². The Labute approximate surface area is 99.6 Å². The molecule has 4 heteroatoms. The zero-order chi connectivity index (χ0) is 11.5. The van der Waals surface area contributed by atoms with Crippen LogP contribution in [-0.2, 0) is 6.54 Å². The summed E-state index contributed by atoms with van der Waals surface area (Å²) in [5, 5.41) is 4.70. The predicted octanol–water partition coefficient (Wildman–Crippen LogP) is 2.90. The maximum absolute atomic E-state index is 6.09. The van der Waals surface area contributed by atoms with Crippen molar-refractivity contribution < 1.29 is 4.74 Å². The van der Waals surface area contributed by atoms with Crippen LogP contribution in [0.2, 0.25) is 5.15 Å². The second-order valence-electron chi connectivity index (χ2n) is 3.65. The normalized spacial score (nSPS) is 10.4. The Balaban J connectivity index is 2.24. The SMILES string of the molecule is COc1cnn(Cc2cccc(C)c2)c1Cl.